The van der Waals surface area contributed by atoms with Gasteiger partial charge in [-0.15, -0.1) is 0 Å². The molecule has 0 spiro atoms. The first kappa shape index (κ1) is 16.4. The summed E-state index contributed by atoms with van der Waals surface area (Å²) < 4.78 is 22.7. The number of rotatable bonds is 5. The molecule has 0 aliphatic rings. The van der Waals surface area contributed by atoms with E-state index in [-0.39, 0.29) is 19.9 Å². The van der Waals surface area contributed by atoms with Crippen molar-refractivity contribution < 1.29 is 27.8 Å². The van der Waals surface area contributed by atoms with Gasteiger partial charge in [0.1, 0.15) is 12.4 Å². The molecule has 0 aliphatic carbocycles. The Morgan fingerprint density at radius 3 is 2.33 bits per heavy atom. The number of ether oxygens (including phenoxy) is 3. The number of esters is 1. The van der Waals surface area contributed by atoms with Crippen molar-refractivity contribution >= 4 is 5.97 Å². The smallest absolute Gasteiger partial charge is 0.438 e. The van der Waals surface area contributed by atoms with Crippen LogP contribution in [0.2, 0.25) is 0 Å². The lowest BCUT2D eigenvalue weighted by molar-refractivity contribution is -0.152. The molecule has 0 aliphatic heterocycles. The summed E-state index contributed by atoms with van der Waals surface area (Å²) in [4.78, 5) is 20.5. The van der Waals surface area contributed by atoms with E-state index in [1.54, 1.807) is 6.92 Å². The Balaban J connectivity index is 0.000000331. The molecule has 0 unspecified atom stereocenters. The quantitative estimate of drug-likeness (QED) is 0.572. The molecule has 0 atom stereocenters. The molecule has 0 amide bonds. The van der Waals surface area contributed by atoms with Crippen molar-refractivity contribution in [2.75, 3.05) is 27.6 Å². The van der Waals surface area contributed by atoms with Crippen LogP contribution in [-0.2, 0) is 25.6 Å². The maximum absolute atomic E-state index is 10.4. The third-order valence-corrected chi connectivity index (χ3v) is 1.62. The van der Waals surface area contributed by atoms with Crippen LogP contribution in [0.3, 0.4) is 0 Å². The van der Waals surface area contributed by atoms with E-state index in [4.69, 9.17) is 10.5 Å². The maximum Gasteiger partial charge on any atom is 0.519 e. The van der Waals surface area contributed by atoms with Crippen LogP contribution in [0, 0.1) is 6.92 Å². The number of carbonyl (C=O) groups is 1. The lowest BCUT2D eigenvalue weighted by Crippen LogP contribution is -2.17. The van der Waals surface area contributed by atoms with Gasteiger partial charge in [0.25, 0.3) is 0 Å². The molecule has 1 rings (SSSR count). The summed E-state index contributed by atoms with van der Waals surface area (Å²) in [5.74, 6) is -0.198. The molecule has 0 fully saturated rings. The molecule has 0 bridgehead atoms. The Kier molecular flexibility index (Phi) is 8.54. The van der Waals surface area contributed by atoms with Crippen LogP contribution in [0.15, 0.2) is 13.6 Å². The van der Waals surface area contributed by atoms with Gasteiger partial charge in [-0.25, -0.2) is 4.79 Å². The van der Waals surface area contributed by atoms with Gasteiger partial charge in [0.2, 0.25) is 0 Å². The van der Waals surface area contributed by atoms with Gasteiger partial charge in [-0.3, -0.25) is 4.79 Å². The highest BCUT2D eigenvalue weighted by atomic mass is 16.7. The van der Waals surface area contributed by atoms with E-state index in [1.807, 2.05) is 0 Å². The Hall–Kier alpha value is -1.64. The average Bonchev–Trinajstić information content (AvgIpc) is 2.66. The standard InChI is InChI=1S/C6H8O4.C4H9NO3/c1-4-5(3-8-2)10-6(7)9-4;1-7-3-8-4(6)2-5/h3H2,1-2H3;2-3,5H2,1H3. The third kappa shape index (κ3) is 6.84. The number of aryl methyl sites for hydroxylation is 1. The van der Waals surface area contributed by atoms with E-state index < -0.39 is 11.8 Å². The summed E-state index contributed by atoms with van der Waals surface area (Å²) in [6.45, 7) is 1.82. The van der Waals surface area contributed by atoms with Crippen molar-refractivity contribution in [3.63, 3.8) is 0 Å². The van der Waals surface area contributed by atoms with Crippen molar-refractivity contribution in [3.05, 3.63) is 22.1 Å². The zero-order chi connectivity index (χ0) is 14.0. The molecule has 0 saturated heterocycles. The Labute approximate surface area is 104 Å². The van der Waals surface area contributed by atoms with E-state index in [0.717, 1.165) is 0 Å². The predicted molar refractivity (Wildman–Crippen MR) is 59.7 cm³/mol. The fourth-order valence-corrected chi connectivity index (χ4v) is 0.821. The lowest BCUT2D eigenvalue weighted by atomic mass is 10.4. The maximum atomic E-state index is 10.4. The minimum atomic E-state index is -0.676. The fourth-order valence-electron chi connectivity index (χ4n) is 0.821. The van der Waals surface area contributed by atoms with E-state index in [0.29, 0.717) is 11.5 Å². The van der Waals surface area contributed by atoms with Gasteiger partial charge < -0.3 is 28.8 Å². The molecule has 18 heavy (non-hydrogen) atoms. The van der Waals surface area contributed by atoms with Crippen LogP contribution in [0.25, 0.3) is 0 Å². The molecular formula is C10H17NO7. The second-order valence-electron chi connectivity index (χ2n) is 2.99. The van der Waals surface area contributed by atoms with Crippen molar-refractivity contribution in [2.24, 2.45) is 5.73 Å². The molecule has 104 valence electrons. The highest BCUT2D eigenvalue weighted by Gasteiger charge is 2.05. The Morgan fingerprint density at radius 1 is 1.28 bits per heavy atom. The minimum Gasteiger partial charge on any atom is -0.438 e. The van der Waals surface area contributed by atoms with Crippen molar-refractivity contribution in [3.8, 4) is 0 Å². The van der Waals surface area contributed by atoms with Gasteiger partial charge in [-0.05, 0) is 6.92 Å². The van der Waals surface area contributed by atoms with Gasteiger partial charge in [-0.1, -0.05) is 0 Å². The second kappa shape index (κ2) is 9.40. The minimum absolute atomic E-state index is 0.0178. The van der Waals surface area contributed by atoms with E-state index >= 15 is 0 Å². The Bertz CT molecular complexity index is 395. The summed E-state index contributed by atoms with van der Waals surface area (Å²) in [5.41, 5.74) is 4.88. The molecule has 1 aromatic heterocycles. The third-order valence-electron chi connectivity index (χ3n) is 1.62. The van der Waals surface area contributed by atoms with Gasteiger partial charge in [-0.2, -0.15) is 0 Å². The average molecular weight is 263 g/mol. The predicted octanol–water partition coefficient (Wildman–Crippen LogP) is -0.220. The van der Waals surface area contributed by atoms with Gasteiger partial charge in [0, 0.05) is 14.2 Å². The van der Waals surface area contributed by atoms with Crippen molar-refractivity contribution in [1.82, 2.24) is 0 Å². The number of hydrogen-bond acceptors (Lipinski definition) is 8. The first-order valence-electron chi connectivity index (χ1n) is 4.98. The number of methoxy groups -OCH3 is 2. The van der Waals surface area contributed by atoms with Crippen LogP contribution >= 0.6 is 0 Å². The largest absolute Gasteiger partial charge is 0.519 e. The SMILES string of the molecule is COCOC(=O)CN.COCc1oc(=O)oc1C. The van der Waals surface area contributed by atoms with Crippen LogP contribution in [-0.4, -0.2) is 33.5 Å². The van der Waals surface area contributed by atoms with Crippen LogP contribution in [0.4, 0.5) is 0 Å². The highest BCUT2D eigenvalue weighted by molar-refractivity contribution is 5.71. The van der Waals surface area contributed by atoms with E-state index in [2.05, 4.69) is 18.3 Å². The van der Waals surface area contributed by atoms with Crippen LogP contribution in [0.5, 0.6) is 0 Å². The molecule has 8 heteroatoms. The molecule has 0 radical (unpaired) electrons. The summed E-state index contributed by atoms with van der Waals surface area (Å²) in [5, 5.41) is 0. The lowest BCUT2D eigenvalue weighted by Gasteiger charge is -1.97. The molecule has 0 saturated carbocycles. The first-order chi connectivity index (χ1) is 8.54. The van der Waals surface area contributed by atoms with Gasteiger partial charge in [0.15, 0.2) is 12.6 Å². The monoisotopic (exact) mass is 263 g/mol. The van der Waals surface area contributed by atoms with E-state index in [1.165, 1.54) is 14.2 Å². The zero-order valence-electron chi connectivity index (χ0n) is 10.6. The zero-order valence-corrected chi connectivity index (χ0v) is 10.6. The molecule has 1 heterocycles. The topological polar surface area (TPSA) is 114 Å². The normalized spacial score (nSPS) is 9.56. The summed E-state index contributed by atoms with van der Waals surface area (Å²) in [6.07, 6.45) is 0. The molecule has 8 nitrogen and oxygen atoms in total. The second-order valence-corrected chi connectivity index (χ2v) is 2.99. The van der Waals surface area contributed by atoms with Gasteiger partial charge in [0.05, 0.1) is 6.54 Å². The number of carbonyl (C=O) groups excluding carboxylic acids is 1. The summed E-state index contributed by atoms with van der Waals surface area (Å²) in [6, 6.07) is 0. The molecule has 1 aromatic rings. The summed E-state index contributed by atoms with van der Waals surface area (Å²) >= 11 is 0. The highest BCUT2D eigenvalue weighted by Crippen LogP contribution is 2.04. The van der Waals surface area contributed by atoms with Crippen LogP contribution in [0.1, 0.15) is 11.5 Å². The number of nitrogens with two attached hydrogens (primary N) is 1. The molecule has 0 aromatic carbocycles. The fraction of sp³-hybridized carbons (Fsp3) is 0.600. The first-order valence-corrected chi connectivity index (χ1v) is 4.98. The van der Waals surface area contributed by atoms with Crippen LogP contribution < -0.4 is 11.6 Å². The van der Waals surface area contributed by atoms with Gasteiger partial charge >= 0.3 is 11.8 Å². The Morgan fingerprint density at radius 2 is 1.94 bits per heavy atom. The van der Waals surface area contributed by atoms with Crippen molar-refractivity contribution in [2.45, 2.75) is 13.5 Å². The van der Waals surface area contributed by atoms with E-state index in [9.17, 15) is 9.59 Å². The molecular weight excluding hydrogens is 246 g/mol. The van der Waals surface area contributed by atoms with Crippen molar-refractivity contribution in [1.29, 1.82) is 0 Å². The number of hydrogen-bond donors (Lipinski definition) is 1. The summed E-state index contributed by atoms with van der Waals surface area (Å²) in [7, 11) is 2.95. The molecule has 2 N–H and O–H groups in total.